The maximum absolute atomic E-state index is 5.99. The zero-order chi connectivity index (χ0) is 14.1. The molecular formula is C16H16N4. The van der Waals surface area contributed by atoms with Gasteiger partial charge in [-0.15, -0.1) is 5.11 Å². The van der Waals surface area contributed by atoms with Gasteiger partial charge in [-0.25, -0.2) is 0 Å². The van der Waals surface area contributed by atoms with Crippen LogP contribution in [0.3, 0.4) is 0 Å². The maximum atomic E-state index is 5.99. The van der Waals surface area contributed by atoms with E-state index in [2.05, 4.69) is 15.2 Å². The molecule has 0 radical (unpaired) electrons. The molecule has 0 saturated heterocycles. The summed E-state index contributed by atoms with van der Waals surface area (Å²) in [6.45, 7) is 4.07. The molecule has 0 aromatic heterocycles. The lowest BCUT2D eigenvalue weighted by Gasteiger charge is -2.07. The number of H-pyrrole nitrogens is 1. The monoisotopic (exact) mass is 264 g/mol. The van der Waals surface area contributed by atoms with Crippen molar-refractivity contribution in [1.29, 1.82) is 0 Å². The van der Waals surface area contributed by atoms with Gasteiger partial charge >= 0.3 is 0 Å². The molecule has 0 fully saturated rings. The summed E-state index contributed by atoms with van der Waals surface area (Å²) in [5.41, 5.74) is 12.0. The van der Waals surface area contributed by atoms with Crippen molar-refractivity contribution in [2.75, 3.05) is 5.73 Å². The molecule has 1 aromatic carbocycles. The van der Waals surface area contributed by atoms with E-state index in [-0.39, 0.29) is 0 Å². The number of aromatic amines is 1. The summed E-state index contributed by atoms with van der Waals surface area (Å²) in [6, 6.07) is 11.8. The SMILES string of the molecule is Cc1cc2c(N)[nH]cc(C)c-2c1/N=N/c1ccccc1. The topological polar surface area (TPSA) is 66.5 Å². The number of fused-ring (bicyclic) bond motifs is 1. The normalized spacial score (nSPS) is 11.5. The first-order valence-electron chi connectivity index (χ1n) is 6.50. The summed E-state index contributed by atoms with van der Waals surface area (Å²) in [4.78, 5) is 3.06. The Kier molecular flexibility index (Phi) is 2.99. The van der Waals surface area contributed by atoms with E-state index in [0.29, 0.717) is 5.82 Å². The Bertz CT molecular complexity index is 741. The van der Waals surface area contributed by atoms with Crippen LogP contribution in [0.1, 0.15) is 11.1 Å². The van der Waals surface area contributed by atoms with Crippen molar-refractivity contribution in [3.63, 3.8) is 0 Å². The second kappa shape index (κ2) is 4.81. The van der Waals surface area contributed by atoms with E-state index in [4.69, 9.17) is 5.73 Å². The molecular weight excluding hydrogens is 248 g/mol. The summed E-state index contributed by atoms with van der Waals surface area (Å²) >= 11 is 0. The lowest BCUT2D eigenvalue weighted by molar-refractivity contribution is 1.21. The fourth-order valence-electron chi connectivity index (χ4n) is 2.36. The summed E-state index contributed by atoms with van der Waals surface area (Å²) < 4.78 is 0. The van der Waals surface area contributed by atoms with Crippen LogP contribution in [0.15, 0.2) is 52.8 Å². The Morgan fingerprint density at radius 2 is 1.75 bits per heavy atom. The van der Waals surface area contributed by atoms with E-state index in [9.17, 15) is 0 Å². The van der Waals surface area contributed by atoms with Crippen LogP contribution < -0.4 is 5.73 Å². The van der Waals surface area contributed by atoms with Gasteiger partial charge in [0, 0.05) is 17.3 Å². The standard InChI is InChI=1S/C16H16N4/c1-10-8-13-14(11(2)9-18-16(13)17)15(10)20-19-12-6-4-3-5-7-12/h3-9,18H,17H2,1-2H3/b20-19+. The van der Waals surface area contributed by atoms with Crippen LogP contribution in [0.4, 0.5) is 17.2 Å². The molecule has 0 bridgehead atoms. The quantitative estimate of drug-likeness (QED) is 0.645. The van der Waals surface area contributed by atoms with Crippen LogP contribution in [0, 0.1) is 13.8 Å². The van der Waals surface area contributed by atoms with Crippen LogP contribution in [0.5, 0.6) is 0 Å². The van der Waals surface area contributed by atoms with Gasteiger partial charge in [0.1, 0.15) is 5.82 Å². The molecule has 3 rings (SSSR count). The predicted molar refractivity (Wildman–Crippen MR) is 81.9 cm³/mol. The molecule has 2 aliphatic rings. The first kappa shape index (κ1) is 12.4. The minimum absolute atomic E-state index is 0.662. The average molecular weight is 264 g/mol. The van der Waals surface area contributed by atoms with Crippen LogP contribution in [0.25, 0.3) is 11.1 Å². The zero-order valence-corrected chi connectivity index (χ0v) is 11.5. The number of nitrogens with zero attached hydrogens (tertiary/aromatic N) is 2. The van der Waals surface area contributed by atoms with E-state index in [1.165, 1.54) is 0 Å². The zero-order valence-electron chi connectivity index (χ0n) is 11.5. The van der Waals surface area contributed by atoms with Crippen LogP contribution in [-0.2, 0) is 0 Å². The van der Waals surface area contributed by atoms with E-state index in [1.807, 2.05) is 56.4 Å². The largest absolute Gasteiger partial charge is 0.385 e. The number of hydrogen-bond donors (Lipinski definition) is 2. The minimum atomic E-state index is 0.662. The molecule has 100 valence electrons. The van der Waals surface area contributed by atoms with Gasteiger partial charge in [0.05, 0.1) is 11.4 Å². The highest BCUT2D eigenvalue weighted by molar-refractivity contribution is 5.90. The molecule has 3 N–H and O–H groups in total. The number of nitrogens with two attached hydrogens (primary N) is 1. The lowest BCUT2D eigenvalue weighted by Crippen LogP contribution is -1.94. The van der Waals surface area contributed by atoms with E-state index >= 15 is 0 Å². The highest BCUT2D eigenvalue weighted by atomic mass is 15.1. The third kappa shape index (κ3) is 2.05. The maximum Gasteiger partial charge on any atom is 0.108 e. The second-order valence-corrected chi connectivity index (χ2v) is 4.89. The number of anilines is 1. The predicted octanol–water partition coefficient (Wildman–Crippen LogP) is 4.73. The van der Waals surface area contributed by atoms with Crippen molar-refractivity contribution in [3.8, 4) is 11.1 Å². The molecule has 0 unspecified atom stereocenters. The smallest absolute Gasteiger partial charge is 0.108 e. The summed E-state index contributed by atoms with van der Waals surface area (Å²) in [5, 5.41) is 8.73. The number of aromatic nitrogens is 1. The van der Waals surface area contributed by atoms with E-state index in [0.717, 1.165) is 33.6 Å². The van der Waals surface area contributed by atoms with Gasteiger partial charge in [-0.05, 0) is 43.2 Å². The molecule has 1 heterocycles. The molecule has 1 aromatic rings. The van der Waals surface area contributed by atoms with Gasteiger partial charge in [-0.2, -0.15) is 5.11 Å². The van der Waals surface area contributed by atoms with E-state index < -0.39 is 0 Å². The molecule has 0 atom stereocenters. The van der Waals surface area contributed by atoms with Crippen molar-refractivity contribution in [3.05, 3.63) is 53.7 Å². The number of benzene rings is 1. The van der Waals surface area contributed by atoms with Crippen LogP contribution in [0.2, 0.25) is 0 Å². The van der Waals surface area contributed by atoms with Gasteiger partial charge in [0.2, 0.25) is 0 Å². The van der Waals surface area contributed by atoms with Crippen molar-refractivity contribution >= 4 is 17.2 Å². The van der Waals surface area contributed by atoms with Gasteiger partial charge < -0.3 is 10.7 Å². The minimum Gasteiger partial charge on any atom is -0.385 e. The molecule has 1 aliphatic heterocycles. The van der Waals surface area contributed by atoms with Crippen molar-refractivity contribution < 1.29 is 0 Å². The van der Waals surface area contributed by atoms with Gasteiger partial charge in [-0.3, -0.25) is 0 Å². The Labute approximate surface area is 117 Å². The third-order valence-electron chi connectivity index (χ3n) is 3.39. The molecule has 4 nitrogen and oxygen atoms in total. The molecule has 0 amide bonds. The van der Waals surface area contributed by atoms with Gasteiger partial charge in [-0.1, -0.05) is 18.2 Å². The lowest BCUT2D eigenvalue weighted by atomic mass is 10.1. The molecule has 1 aliphatic carbocycles. The van der Waals surface area contributed by atoms with Gasteiger partial charge in [0.25, 0.3) is 0 Å². The van der Waals surface area contributed by atoms with Gasteiger partial charge in [0.15, 0.2) is 0 Å². The molecule has 20 heavy (non-hydrogen) atoms. The third-order valence-corrected chi connectivity index (χ3v) is 3.39. The highest BCUT2D eigenvalue weighted by Gasteiger charge is 2.18. The number of nitrogens with one attached hydrogen (secondary N) is 1. The molecule has 0 spiro atoms. The van der Waals surface area contributed by atoms with Crippen LogP contribution >= 0.6 is 0 Å². The number of pyridine rings is 1. The number of rotatable bonds is 2. The fourth-order valence-corrected chi connectivity index (χ4v) is 2.36. The first-order valence-corrected chi connectivity index (χ1v) is 6.50. The Hall–Kier alpha value is -2.62. The Morgan fingerprint density at radius 3 is 2.50 bits per heavy atom. The molecule has 0 saturated carbocycles. The Balaban J connectivity index is 2.10. The van der Waals surface area contributed by atoms with Crippen molar-refractivity contribution in [2.45, 2.75) is 13.8 Å². The molecule has 4 heteroatoms. The summed E-state index contributed by atoms with van der Waals surface area (Å²) in [5.74, 6) is 0.662. The number of azo groups is 1. The van der Waals surface area contributed by atoms with E-state index in [1.54, 1.807) is 0 Å². The van der Waals surface area contributed by atoms with Crippen molar-refractivity contribution in [2.24, 2.45) is 10.2 Å². The average Bonchev–Trinajstić information content (AvgIpc) is 2.80. The summed E-state index contributed by atoms with van der Waals surface area (Å²) in [6.07, 6.45) is 1.90. The number of nitrogen functional groups attached to an aromatic ring is 1. The summed E-state index contributed by atoms with van der Waals surface area (Å²) in [7, 11) is 0. The number of aryl methyl sites for hydroxylation is 2. The van der Waals surface area contributed by atoms with Crippen LogP contribution in [-0.4, -0.2) is 4.98 Å². The Morgan fingerprint density at radius 1 is 1.00 bits per heavy atom. The highest BCUT2D eigenvalue weighted by Crippen LogP contribution is 2.43. The first-order chi connectivity index (χ1) is 9.66. The van der Waals surface area contributed by atoms with Crippen molar-refractivity contribution in [1.82, 2.24) is 4.98 Å². The second-order valence-electron chi connectivity index (χ2n) is 4.89. The fraction of sp³-hybridized carbons (Fsp3) is 0.125. The number of hydrogen-bond acceptors (Lipinski definition) is 3.